The lowest BCUT2D eigenvalue weighted by molar-refractivity contribution is 0.532. The Morgan fingerprint density at radius 2 is 1.65 bits per heavy atom. The highest BCUT2D eigenvalue weighted by Crippen LogP contribution is 2.30. The summed E-state index contributed by atoms with van der Waals surface area (Å²) in [5.74, 6) is 0.564. The van der Waals surface area contributed by atoms with Gasteiger partial charge in [0.05, 0.1) is 0 Å². The van der Waals surface area contributed by atoms with Gasteiger partial charge in [-0.15, -0.1) is 0 Å². The Labute approximate surface area is 144 Å². The smallest absolute Gasteiger partial charge is 0.128 e. The Morgan fingerprint density at radius 1 is 1.04 bits per heavy atom. The number of amidine groups is 1. The maximum absolute atomic E-state index is 8.34. The zero-order chi connectivity index (χ0) is 17.1. The van der Waals surface area contributed by atoms with Crippen molar-refractivity contribution < 1.29 is 0 Å². The summed E-state index contributed by atoms with van der Waals surface area (Å²) in [6.07, 6.45) is 0. The Hall–Kier alpha value is -2.00. The highest BCUT2D eigenvalue weighted by atomic mass is 35.5. The summed E-state index contributed by atoms with van der Waals surface area (Å²) in [6.45, 7) is 7.03. The van der Waals surface area contributed by atoms with Crippen molar-refractivity contribution in [2.75, 3.05) is 25.5 Å². The molecular weight excluding hydrogens is 306 g/mol. The Balaban J connectivity index is 2.40. The maximum Gasteiger partial charge on any atom is 0.128 e. The molecule has 3 nitrogen and oxygen atoms in total. The maximum atomic E-state index is 8.34. The standard InChI is InChI=1S/C19H24ClN3/c1-6-22(4)19(21)17-11-14(3)18(12-13(17)2)23(5)16-9-7-15(20)8-10-16/h7-12,21H,6H2,1-5H3. The van der Waals surface area contributed by atoms with Crippen LogP contribution in [-0.4, -0.2) is 31.4 Å². The van der Waals surface area contributed by atoms with Gasteiger partial charge in [0.15, 0.2) is 0 Å². The molecule has 0 aliphatic carbocycles. The van der Waals surface area contributed by atoms with Crippen molar-refractivity contribution in [2.24, 2.45) is 0 Å². The lowest BCUT2D eigenvalue weighted by Crippen LogP contribution is -2.27. The summed E-state index contributed by atoms with van der Waals surface area (Å²) in [4.78, 5) is 4.10. The molecule has 0 spiro atoms. The molecule has 0 radical (unpaired) electrons. The lowest BCUT2D eigenvalue weighted by atomic mass is 10.0. The summed E-state index contributed by atoms with van der Waals surface area (Å²) in [6, 6.07) is 12.1. The van der Waals surface area contributed by atoms with Gasteiger partial charge in [0.2, 0.25) is 0 Å². The highest BCUT2D eigenvalue weighted by Gasteiger charge is 2.14. The van der Waals surface area contributed by atoms with Crippen molar-refractivity contribution in [1.29, 1.82) is 5.41 Å². The summed E-state index contributed by atoms with van der Waals surface area (Å²) in [5.41, 5.74) is 5.47. The minimum atomic E-state index is 0.564. The van der Waals surface area contributed by atoms with Crippen LogP contribution in [0.3, 0.4) is 0 Å². The summed E-state index contributed by atoms with van der Waals surface area (Å²) in [5, 5.41) is 9.07. The first-order chi connectivity index (χ1) is 10.8. The zero-order valence-electron chi connectivity index (χ0n) is 14.4. The second kappa shape index (κ2) is 7.05. The van der Waals surface area contributed by atoms with Crippen LogP contribution in [0.5, 0.6) is 0 Å². The molecule has 0 saturated carbocycles. The van der Waals surface area contributed by atoms with E-state index in [9.17, 15) is 0 Å². The van der Waals surface area contributed by atoms with Crippen LogP contribution in [0.4, 0.5) is 11.4 Å². The second-order valence-electron chi connectivity index (χ2n) is 5.85. The number of hydrogen-bond donors (Lipinski definition) is 1. The van der Waals surface area contributed by atoms with Crippen LogP contribution in [0.2, 0.25) is 5.02 Å². The molecule has 1 N–H and O–H groups in total. The van der Waals surface area contributed by atoms with Crippen molar-refractivity contribution in [3.05, 3.63) is 58.1 Å². The monoisotopic (exact) mass is 329 g/mol. The SMILES string of the molecule is CCN(C)C(=N)c1cc(C)c(N(C)c2ccc(Cl)cc2)cc1C. The van der Waals surface area contributed by atoms with Crippen molar-refractivity contribution in [1.82, 2.24) is 4.90 Å². The molecule has 2 aromatic rings. The lowest BCUT2D eigenvalue weighted by Gasteiger charge is -2.25. The van der Waals surface area contributed by atoms with E-state index in [1.807, 2.05) is 43.3 Å². The average Bonchev–Trinajstić information content (AvgIpc) is 2.55. The fourth-order valence-electron chi connectivity index (χ4n) is 2.58. The summed E-state index contributed by atoms with van der Waals surface area (Å²) < 4.78 is 0. The van der Waals surface area contributed by atoms with E-state index < -0.39 is 0 Å². The van der Waals surface area contributed by atoms with E-state index >= 15 is 0 Å². The molecule has 0 heterocycles. The van der Waals surface area contributed by atoms with Gasteiger partial charge >= 0.3 is 0 Å². The number of anilines is 2. The molecule has 0 unspecified atom stereocenters. The zero-order valence-corrected chi connectivity index (χ0v) is 15.2. The van der Waals surface area contributed by atoms with E-state index in [1.165, 1.54) is 0 Å². The van der Waals surface area contributed by atoms with Gasteiger partial charge in [0, 0.05) is 42.6 Å². The van der Waals surface area contributed by atoms with Gasteiger partial charge in [-0.25, -0.2) is 0 Å². The van der Waals surface area contributed by atoms with E-state index in [4.69, 9.17) is 17.0 Å². The topological polar surface area (TPSA) is 30.3 Å². The van der Waals surface area contributed by atoms with Gasteiger partial charge in [-0.2, -0.15) is 0 Å². The van der Waals surface area contributed by atoms with Crippen LogP contribution in [0.15, 0.2) is 36.4 Å². The first-order valence-electron chi connectivity index (χ1n) is 7.75. The molecule has 0 amide bonds. The minimum absolute atomic E-state index is 0.564. The molecule has 0 fully saturated rings. The molecule has 0 aliphatic rings. The van der Waals surface area contributed by atoms with Crippen molar-refractivity contribution in [2.45, 2.75) is 20.8 Å². The highest BCUT2D eigenvalue weighted by molar-refractivity contribution is 6.30. The number of halogens is 1. The molecule has 0 aromatic heterocycles. The Bertz CT molecular complexity index is 707. The predicted molar refractivity (Wildman–Crippen MR) is 101 cm³/mol. The third kappa shape index (κ3) is 3.67. The van der Waals surface area contributed by atoms with Crippen LogP contribution in [0.1, 0.15) is 23.6 Å². The third-order valence-electron chi connectivity index (χ3n) is 4.23. The van der Waals surface area contributed by atoms with Gasteiger partial charge in [-0.3, -0.25) is 5.41 Å². The minimum Gasteiger partial charge on any atom is -0.360 e. The van der Waals surface area contributed by atoms with E-state index in [0.717, 1.165) is 39.6 Å². The largest absolute Gasteiger partial charge is 0.360 e. The molecule has 0 aliphatic heterocycles. The first-order valence-corrected chi connectivity index (χ1v) is 8.13. The molecule has 122 valence electrons. The molecule has 2 aromatic carbocycles. The van der Waals surface area contributed by atoms with Crippen molar-refractivity contribution in [3.63, 3.8) is 0 Å². The molecule has 4 heteroatoms. The van der Waals surface area contributed by atoms with Crippen LogP contribution in [-0.2, 0) is 0 Å². The number of benzene rings is 2. The van der Waals surface area contributed by atoms with Gasteiger partial charge in [0.1, 0.15) is 5.84 Å². The summed E-state index contributed by atoms with van der Waals surface area (Å²) in [7, 11) is 4.00. The van der Waals surface area contributed by atoms with Crippen LogP contribution >= 0.6 is 11.6 Å². The van der Waals surface area contributed by atoms with E-state index in [1.54, 1.807) is 0 Å². The number of nitrogens with zero attached hydrogens (tertiary/aromatic N) is 2. The number of aryl methyl sites for hydroxylation is 2. The van der Waals surface area contributed by atoms with Crippen LogP contribution in [0, 0.1) is 19.3 Å². The third-order valence-corrected chi connectivity index (χ3v) is 4.48. The molecule has 0 bridgehead atoms. The normalized spacial score (nSPS) is 10.5. The molecule has 0 atom stereocenters. The van der Waals surface area contributed by atoms with Gasteiger partial charge < -0.3 is 9.80 Å². The fraction of sp³-hybridized carbons (Fsp3) is 0.316. The Morgan fingerprint density at radius 3 is 2.22 bits per heavy atom. The Kier molecular flexibility index (Phi) is 5.32. The average molecular weight is 330 g/mol. The summed E-state index contributed by atoms with van der Waals surface area (Å²) >= 11 is 5.97. The van der Waals surface area contributed by atoms with E-state index in [-0.39, 0.29) is 0 Å². The van der Waals surface area contributed by atoms with Crippen LogP contribution in [0.25, 0.3) is 0 Å². The first kappa shape index (κ1) is 17.4. The van der Waals surface area contributed by atoms with Gasteiger partial charge in [0.25, 0.3) is 0 Å². The van der Waals surface area contributed by atoms with Crippen molar-refractivity contribution in [3.8, 4) is 0 Å². The fourth-order valence-corrected chi connectivity index (χ4v) is 2.71. The van der Waals surface area contributed by atoms with Crippen LogP contribution < -0.4 is 4.90 Å². The van der Waals surface area contributed by atoms with E-state index in [0.29, 0.717) is 5.84 Å². The molecule has 23 heavy (non-hydrogen) atoms. The molecular formula is C19H24ClN3. The quantitative estimate of drug-likeness (QED) is 0.632. The molecule has 0 saturated heterocycles. The van der Waals surface area contributed by atoms with Crippen molar-refractivity contribution >= 4 is 28.8 Å². The van der Waals surface area contributed by atoms with Gasteiger partial charge in [-0.1, -0.05) is 11.6 Å². The van der Waals surface area contributed by atoms with E-state index in [2.05, 4.69) is 37.8 Å². The number of hydrogen-bond acceptors (Lipinski definition) is 2. The number of nitrogens with one attached hydrogen (secondary N) is 1. The molecule has 2 rings (SSSR count). The second-order valence-corrected chi connectivity index (χ2v) is 6.29. The predicted octanol–water partition coefficient (Wildman–Crippen LogP) is 5.00. The van der Waals surface area contributed by atoms with Gasteiger partial charge in [-0.05, 0) is 68.3 Å². The number of rotatable bonds is 4.